The molecule has 0 atom stereocenters. The SMILES string of the molecule is FC(F)(F)OCCCCCCCCCCBr.O=S(=O)(O)CCCCCCCCCCOC(F)(F)F. The molecule has 0 rings (SSSR count). The number of rotatable bonds is 21. The lowest BCUT2D eigenvalue weighted by Gasteiger charge is -2.06. The second kappa shape index (κ2) is 23.0. The van der Waals surface area contributed by atoms with Crippen molar-refractivity contribution in [2.24, 2.45) is 0 Å². The highest BCUT2D eigenvalue weighted by Crippen LogP contribution is 2.18. The summed E-state index contributed by atoms with van der Waals surface area (Å²) in [5, 5.41) is 1.06. The number of alkyl halides is 7. The normalized spacial score (nSPS) is 12.5. The molecular weight excluding hydrogens is 570 g/mol. The van der Waals surface area contributed by atoms with Gasteiger partial charge in [-0.3, -0.25) is 14.0 Å². The van der Waals surface area contributed by atoms with Crippen molar-refractivity contribution in [1.82, 2.24) is 0 Å². The van der Waals surface area contributed by atoms with Crippen molar-refractivity contribution in [3.05, 3.63) is 0 Å². The molecule has 0 aromatic heterocycles. The van der Waals surface area contributed by atoms with E-state index in [1.54, 1.807) is 0 Å². The molecule has 0 fully saturated rings. The number of hydrogen-bond acceptors (Lipinski definition) is 4. The Labute approximate surface area is 214 Å². The lowest BCUT2D eigenvalue weighted by molar-refractivity contribution is -0.325. The molecule has 0 bridgehead atoms. The Bertz CT molecular complexity index is 560. The molecule has 0 spiro atoms. The highest BCUT2D eigenvalue weighted by molar-refractivity contribution is 9.09. The fourth-order valence-electron chi connectivity index (χ4n) is 3.08. The van der Waals surface area contributed by atoms with E-state index in [4.69, 9.17) is 4.55 Å². The molecule has 0 aliphatic heterocycles. The van der Waals surface area contributed by atoms with Gasteiger partial charge in [-0.15, -0.1) is 26.3 Å². The van der Waals surface area contributed by atoms with Gasteiger partial charge in [-0.25, -0.2) is 0 Å². The van der Waals surface area contributed by atoms with Gasteiger partial charge in [-0.1, -0.05) is 93.0 Å². The summed E-state index contributed by atoms with van der Waals surface area (Å²) in [6, 6.07) is 0. The Kier molecular flexibility index (Phi) is 24.4. The van der Waals surface area contributed by atoms with Crippen LogP contribution in [-0.2, 0) is 19.6 Å². The molecule has 0 amide bonds. The van der Waals surface area contributed by atoms with Crippen molar-refractivity contribution >= 4 is 26.0 Å². The lowest BCUT2D eigenvalue weighted by Crippen LogP contribution is -2.13. The zero-order valence-corrected chi connectivity index (χ0v) is 22.7. The molecule has 1 N–H and O–H groups in total. The van der Waals surface area contributed by atoms with Crippen molar-refractivity contribution < 1.29 is 48.8 Å². The van der Waals surface area contributed by atoms with Gasteiger partial charge in [-0.2, -0.15) is 8.42 Å². The lowest BCUT2D eigenvalue weighted by atomic mass is 10.1. The molecule has 0 unspecified atom stereocenters. The standard InChI is InChI=1S/C11H20BrF3O.C11H21F3O4S/c12-9-7-5-3-1-2-4-6-8-10-16-11(13,14)15;12-11(13,14)18-9-7-5-3-1-2-4-6-8-10-19(15,16)17/h1-10H2;1-10H2,(H,15,16,17). The van der Waals surface area contributed by atoms with Gasteiger partial charge in [0.1, 0.15) is 0 Å². The molecule has 0 saturated heterocycles. The molecule has 0 saturated carbocycles. The highest BCUT2D eigenvalue weighted by Gasteiger charge is 2.28. The third-order valence-corrected chi connectivity index (χ3v) is 6.22. The predicted octanol–water partition coefficient (Wildman–Crippen LogP) is 8.57. The maximum absolute atomic E-state index is 11.6. The van der Waals surface area contributed by atoms with E-state index in [1.165, 1.54) is 25.7 Å². The topological polar surface area (TPSA) is 72.8 Å². The molecule has 0 radical (unpaired) electrons. The average Bonchev–Trinajstić information content (AvgIpc) is 2.71. The van der Waals surface area contributed by atoms with E-state index in [9.17, 15) is 34.8 Å². The summed E-state index contributed by atoms with van der Waals surface area (Å²) in [4.78, 5) is 0. The molecule has 5 nitrogen and oxygen atoms in total. The molecule has 13 heteroatoms. The van der Waals surface area contributed by atoms with Crippen molar-refractivity contribution in [2.45, 2.75) is 115 Å². The van der Waals surface area contributed by atoms with Gasteiger partial charge >= 0.3 is 12.7 Å². The first kappa shape index (κ1) is 37.0. The van der Waals surface area contributed by atoms with Crippen LogP contribution in [0.3, 0.4) is 0 Å². The van der Waals surface area contributed by atoms with Crippen LogP contribution in [0.4, 0.5) is 26.3 Å². The van der Waals surface area contributed by atoms with Gasteiger partial charge in [0.25, 0.3) is 10.1 Å². The summed E-state index contributed by atoms with van der Waals surface area (Å²) in [7, 11) is -3.85. The number of halogens is 7. The third kappa shape index (κ3) is 41.3. The van der Waals surface area contributed by atoms with Gasteiger partial charge in [0.2, 0.25) is 0 Å². The van der Waals surface area contributed by atoms with Gasteiger partial charge in [0.15, 0.2) is 0 Å². The summed E-state index contributed by atoms with van der Waals surface area (Å²) >= 11 is 3.37. The minimum Gasteiger partial charge on any atom is -0.292 e. The summed E-state index contributed by atoms with van der Waals surface area (Å²) in [6.07, 6.45) is 5.14. The minimum atomic E-state index is -4.53. The molecule has 35 heavy (non-hydrogen) atoms. The Morgan fingerprint density at radius 2 is 0.829 bits per heavy atom. The summed E-state index contributed by atoms with van der Waals surface area (Å²) in [5.41, 5.74) is 0. The largest absolute Gasteiger partial charge is 0.522 e. The predicted molar refractivity (Wildman–Crippen MR) is 128 cm³/mol. The summed E-state index contributed by atoms with van der Waals surface area (Å²) in [6.45, 7) is -0.495. The van der Waals surface area contributed by atoms with Gasteiger partial charge < -0.3 is 0 Å². The van der Waals surface area contributed by atoms with Crippen LogP contribution in [0.15, 0.2) is 0 Å². The van der Waals surface area contributed by atoms with Crippen molar-refractivity contribution in [3.8, 4) is 0 Å². The van der Waals surface area contributed by atoms with E-state index < -0.39 is 22.8 Å². The van der Waals surface area contributed by atoms with Crippen LogP contribution < -0.4 is 0 Å². The van der Waals surface area contributed by atoms with Crippen LogP contribution in [0.1, 0.15) is 103 Å². The zero-order chi connectivity index (χ0) is 27.1. The highest BCUT2D eigenvalue weighted by atomic mass is 79.9. The Morgan fingerprint density at radius 3 is 1.11 bits per heavy atom. The quantitative estimate of drug-likeness (QED) is 0.0610. The zero-order valence-electron chi connectivity index (χ0n) is 20.3. The minimum absolute atomic E-state index is 0.201. The Morgan fingerprint density at radius 1 is 0.543 bits per heavy atom. The summed E-state index contributed by atoms with van der Waals surface area (Å²) < 4.78 is 106. The fourth-order valence-corrected chi connectivity index (χ4v) is 4.05. The van der Waals surface area contributed by atoms with E-state index in [2.05, 4.69) is 25.4 Å². The number of unbranched alkanes of at least 4 members (excludes halogenated alkanes) is 14. The molecule has 0 aromatic carbocycles. The average molecular weight is 612 g/mol. The van der Waals surface area contributed by atoms with E-state index in [0.717, 1.165) is 56.7 Å². The van der Waals surface area contributed by atoms with Crippen LogP contribution in [0.2, 0.25) is 0 Å². The van der Waals surface area contributed by atoms with E-state index in [0.29, 0.717) is 25.7 Å². The second-order valence-electron chi connectivity index (χ2n) is 8.22. The first-order valence-electron chi connectivity index (χ1n) is 12.2. The maximum atomic E-state index is 11.6. The van der Waals surface area contributed by atoms with Gasteiger partial charge in [0.05, 0.1) is 19.0 Å². The fraction of sp³-hybridized carbons (Fsp3) is 1.00. The molecule has 0 aliphatic rings. The van der Waals surface area contributed by atoms with Crippen LogP contribution in [0, 0.1) is 0 Å². The van der Waals surface area contributed by atoms with Gasteiger partial charge in [-0.05, 0) is 25.7 Å². The second-order valence-corrected chi connectivity index (χ2v) is 10.6. The van der Waals surface area contributed by atoms with Gasteiger partial charge in [0, 0.05) is 5.33 Å². The van der Waals surface area contributed by atoms with Crippen molar-refractivity contribution in [2.75, 3.05) is 24.3 Å². The molecular formula is C22H41BrF6O5S. The van der Waals surface area contributed by atoms with Crippen LogP contribution >= 0.6 is 15.9 Å². The number of hydrogen-bond donors (Lipinski definition) is 1. The third-order valence-electron chi connectivity index (χ3n) is 4.86. The van der Waals surface area contributed by atoms with Crippen LogP contribution in [-0.4, -0.2) is 50.0 Å². The maximum Gasteiger partial charge on any atom is 0.522 e. The Hall–Kier alpha value is -0.110. The van der Waals surface area contributed by atoms with E-state index in [-0.39, 0.29) is 19.0 Å². The summed E-state index contributed by atoms with van der Waals surface area (Å²) in [5.74, 6) is -0.207. The van der Waals surface area contributed by atoms with Crippen LogP contribution in [0.5, 0.6) is 0 Å². The number of ether oxygens (including phenoxy) is 2. The van der Waals surface area contributed by atoms with E-state index in [1.807, 2.05) is 0 Å². The van der Waals surface area contributed by atoms with Crippen molar-refractivity contribution in [1.29, 1.82) is 0 Å². The van der Waals surface area contributed by atoms with E-state index >= 15 is 0 Å². The first-order chi connectivity index (χ1) is 16.3. The van der Waals surface area contributed by atoms with Crippen LogP contribution in [0.25, 0.3) is 0 Å². The molecule has 0 aliphatic carbocycles. The molecule has 0 heterocycles. The Balaban J connectivity index is 0. The molecule has 0 aromatic rings. The smallest absolute Gasteiger partial charge is 0.292 e. The molecule has 214 valence electrons. The first-order valence-corrected chi connectivity index (χ1v) is 14.9. The monoisotopic (exact) mass is 610 g/mol. The van der Waals surface area contributed by atoms with Crippen molar-refractivity contribution in [3.63, 3.8) is 0 Å².